The molecule has 4 heteroatoms. The van der Waals surface area contributed by atoms with Gasteiger partial charge in [0.05, 0.1) is 6.67 Å². The fraction of sp³-hybridized carbons (Fsp3) is 0.812. The van der Waals surface area contributed by atoms with Crippen LogP contribution in [0, 0.1) is 0 Å². The van der Waals surface area contributed by atoms with Gasteiger partial charge in [-0.15, -0.1) is 0 Å². The molecule has 4 nitrogen and oxygen atoms in total. The van der Waals surface area contributed by atoms with Gasteiger partial charge in [0.2, 0.25) is 5.91 Å². The summed E-state index contributed by atoms with van der Waals surface area (Å²) >= 11 is 0. The smallest absolute Gasteiger partial charge is 0.224 e. The van der Waals surface area contributed by atoms with Crippen LogP contribution in [-0.4, -0.2) is 30.8 Å². The molecule has 20 heavy (non-hydrogen) atoms. The van der Waals surface area contributed by atoms with Gasteiger partial charge in [0.1, 0.15) is 0 Å². The van der Waals surface area contributed by atoms with Crippen LogP contribution in [0.4, 0.5) is 0 Å². The van der Waals surface area contributed by atoms with Crippen molar-refractivity contribution in [2.45, 2.75) is 64.7 Å². The molecule has 0 aromatic rings. The summed E-state index contributed by atoms with van der Waals surface area (Å²) in [4.78, 5) is 11.4. The maximum Gasteiger partial charge on any atom is 0.224 e. The van der Waals surface area contributed by atoms with E-state index in [1.807, 2.05) is 6.08 Å². The van der Waals surface area contributed by atoms with Crippen LogP contribution in [-0.2, 0) is 4.79 Å². The number of unbranched alkanes of at least 4 members (excludes halogenated alkanes) is 6. The predicted molar refractivity (Wildman–Crippen MR) is 84.5 cm³/mol. The minimum Gasteiger partial charge on any atom is -0.396 e. The Kier molecular flexibility index (Phi) is 15.5. The summed E-state index contributed by atoms with van der Waals surface area (Å²) in [6.45, 7) is 3.95. The number of hydrogen-bond donors (Lipinski definition) is 3. The van der Waals surface area contributed by atoms with E-state index in [0.717, 1.165) is 38.6 Å². The molecule has 0 saturated carbocycles. The van der Waals surface area contributed by atoms with E-state index in [-0.39, 0.29) is 5.91 Å². The number of amides is 1. The predicted octanol–water partition coefficient (Wildman–Crippen LogP) is 2.73. The van der Waals surface area contributed by atoms with Gasteiger partial charge in [0, 0.05) is 13.0 Å². The molecule has 0 heterocycles. The number of carbonyl (C=O) groups is 1. The third-order valence-corrected chi connectivity index (χ3v) is 3.10. The topological polar surface area (TPSA) is 61.4 Å². The third kappa shape index (κ3) is 15.2. The largest absolute Gasteiger partial charge is 0.396 e. The molecule has 0 unspecified atom stereocenters. The maximum atomic E-state index is 11.4. The first-order chi connectivity index (χ1) is 9.81. The van der Waals surface area contributed by atoms with E-state index in [9.17, 15) is 4.79 Å². The molecule has 0 fully saturated rings. The van der Waals surface area contributed by atoms with E-state index in [1.165, 1.54) is 19.3 Å². The summed E-state index contributed by atoms with van der Waals surface area (Å²) in [7, 11) is 0. The third-order valence-electron chi connectivity index (χ3n) is 3.10. The summed E-state index contributed by atoms with van der Waals surface area (Å²) in [5.74, 6) is 0.0776. The quantitative estimate of drug-likeness (QED) is 0.261. The lowest BCUT2D eigenvalue weighted by Crippen LogP contribution is -2.33. The van der Waals surface area contributed by atoms with Crippen molar-refractivity contribution in [3.63, 3.8) is 0 Å². The molecule has 1 amide bonds. The zero-order valence-corrected chi connectivity index (χ0v) is 13.0. The average Bonchev–Trinajstić information content (AvgIpc) is 2.45. The van der Waals surface area contributed by atoms with Crippen LogP contribution < -0.4 is 10.6 Å². The van der Waals surface area contributed by atoms with Gasteiger partial charge in [-0.3, -0.25) is 10.1 Å². The van der Waals surface area contributed by atoms with Crippen LogP contribution in [0.3, 0.4) is 0 Å². The fourth-order valence-electron chi connectivity index (χ4n) is 1.87. The first-order valence-corrected chi connectivity index (χ1v) is 8.04. The van der Waals surface area contributed by atoms with Crippen LogP contribution in [0.25, 0.3) is 0 Å². The first kappa shape index (κ1) is 19.1. The second kappa shape index (κ2) is 16.2. The normalized spacial score (nSPS) is 11.1. The number of aliphatic hydroxyl groups is 1. The van der Waals surface area contributed by atoms with Gasteiger partial charge in [-0.1, -0.05) is 51.2 Å². The van der Waals surface area contributed by atoms with Crippen molar-refractivity contribution in [3.8, 4) is 0 Å². The Morgan fingerprint density at radius 2 is 1.75 bits per heavy atom. The van der Waals surface area contributed by atoms with Crippen molar-refractivity contribution in [2.24, 2.45) is 0 Å². The van der Waals surface area contributed by atoms with Crippen molar-refractivity contribution in [1.82, 2.24) is 10.6 Å². The van der Waals surface area contributed by atoms with Crippen molar-refractivity contribution in [1.29, 1.82) is 0 Å². The minimum absolute atomic E-state index is 0.0776. The zero-order valence-electron chi connectivity index (χ0n) is 13.0. The van der Waals surface area contributed by atoms with Gasteiger partial charge < -0.3 is 10.4 Å². The minimum atomic E-state index is 0.0776. The molecule has 0 bridgehead atoms. The van der Waals surface area contributed by atoms with Gasteiger partial charge in [0.15, 0.2) is 0 Å². The Labute approximate surface area is 124 Å². The number of hydrogen-bond acceptors (Lipinski definition) is 3. The number of rotatable bonds is 14. The zero-order chi connectivity index (χ0) is 14.9. The molecule has 0 aliphatic heterocycles. The molecule has 0 aromatic heterocycles. The Morgan fingerprint density at radius 3 is 2.45 bits per heavy atom. The maximum absolute atomic E-state index is 11.4. The second-order valence-corrected chi connectivity index (χ2v) is 5.09. The Bertz CT molecular complexity index is 243. The van der Waals surface area contributed by atoms with Crippen LogP contribution in [0.15, 0.2) is 12.2 Å². The van der Waals surface area contributed by atoms with Crippen molar-refractivity contribution in [3.05, 3.63) is 12.2 Å². The summed E-state index contributed by atoms with van der Waals surface area (Å²) in [5, 5.41) is 14.7. The fourth-order valence-corrected chi connectivity index (χ4v) is 1.87. The molecule has 0 aromatic carbocycles. The van der Waals surface area contributed by atoms with Gasteiger partial charge in [0.25, 0.3) is 0 Å². The van der Waals surface area contributed by atoms with Crippen molar-refractivity contribution in [2.75, 3.05) is 19.8 Å². The lowest BCUT2D eigenvalue weighted by atomic mass is 10.1. The van der Waals surface area contributed by atoms with Gasteiger partial charge in [-0.05, 0) is 25.8 Å². The monoisotopic (exact) mass is 284 g/mol. The molecule has 0 saturated heterocycles. The first-order valence-electron chi connectivity index (χ1n) is 8.04. The lowest BCUT2D eigenvalue weighted by Gasteiger charge is -2.06. The van der Waals surface area contributed by atoms with E-state index in [2.05, 4.69) is 23.6 Å². The highest BCUT2D eigenvalue weighted by molar-refractivity contribution is 5.77. The summed E-state index contributed by atoms with van der Waals surface area (Å²) < 4.78 is 0. The van der Waals surface area contributed by atoms with Crippen LogP contribution in [0.2, 0.25) is 0 Å². The highest BCUT2D eigenvalue weighted by Gasteiger charge is 1.96. The lowest BCUT2D eigenvalue weighted by molar-refractivity contribution is -0.120. The SMILES string of the molecule is CCC/C=C/CC(=O)NCNCCCCCCCCO. The van der Waals surface area contributed by atoms with Gasteiger partial charge in [-0.2, -0.15) is 0 Å². The second-order valence-electron chi connectivity index (χ2n) is 5.09. The van der Waals surface area contributed by atoms with E-state index in [0.29, 0.717) is 19.7 Å². The molecule has 0 radical (unpaired) electrons. The van der Waals surface area contributed by atoms with E-state index in [1.54, 1.807) is 0 Å². The average molecular weight is 284 g/mol. The molecule has 0 atom stereocenters. The summed E-state index contributed by atoms with van der Waals surface area (Å²) in [6, 6.07) is 0. The van der Waals surface area contributed by atoms with E-state index >= 15 is 0 Å². The number of nitrogens with one attached hydrogen (secondary N) is 2. The standard InChI is InChI=1S/C16H32N2O2/c1-2-3-4-9-12-16(20)18-15-17-13-10-7-5-6-8-11-14-19/h4,9,17,19H,2-3,5-8,10-15H2,1H3,(H,18,20)/b9-4+. The van der Waals surface area contributed by atoms with E-state index in [4.69, 9.17) is 5.11 Å². The molecular formula is C16H32N2O2. The molecule has 118 valence electrons. The summed E-state index contributed by atoms with van der Waals surface area (Å²) in [6.07, 6.45) is 13.5. The Hall–Kier alpha value is -0.870. The van der Waals surface area contributed by atoms with Gasteiger partial charge in [-0.25, -0.2) is 0 Å². The Balaban J connectivity index is 3.17. The van der Waals surface area contributed by atoms with E-state index < -0.39 is 0 Å². The summed E-state index contributed by atoms with van der Waals surface area (Å²) in [5.41, 5.74) is 0. The Morgan fingerprint density at radius 1 is 1.05 bits per heavy atom. The molecule has 0 aliphatic carbocycles. The van der Waals surface area contributed by atoms with Crippen LogP contribution >= 0.6 is 0 Å². The van der Waals surface area contributed by atoms with Gasteiger partial charge >= 0.3 is 0 Å². The van der Waals surface area contributed by atoms with Crippen molar-refractivity contribution < 1.29 is 9.90 Å². The number of allylic oxidation sites excluding steroid dienone is 1. The van der Waals surface area contributed by atoms with Crippen molar-refractivity contribution >= 4 is 5.91 Å². The molecule has 0 spiro atoms. The molecule has 0 rings (SSSR count). The van der Waals surface area contributed by atoms with Crippen LogP contribution in [0.1, 0.15) is 64.7 Å². The molecule has 3 N–H and O–H groups in total. The number of aliphatic hydroxyl groups excluding tert-OH is 1. The number of carbonyl (C=O) groups excluding carboxylic acids is 1. The highest BCUT2D eigenvalue weighted by Crippen LogP contribution is 2.04. The molecule has 0 aliphatic rings. The molecular weight excluding hydrogens is 252 g/mol. The highest BCUT2D eigenvalue weighted by atomic mass is 16.2. The van der Waals surface area contributed by atoms with Crippen LogP contribution in [0.5, 0.6) is 0 Å².